The number of hydrogen-bond donors (Lipinski definition) is 3. The summed E-state index contributed by atoms with van der Waals surface area (Å²) in [7, 11) is 0. The maximum Gasteiger partial charge on any atom is 0.272 e. The van der Waals surface area contributed by atoms with Crippen LogP contribution in [-0.4, -0.2) is 26.3 Å². The maximum absolute atomic E-state index is 11.7. The number of nitrogens with two attached hydrogens (primary N) is 1. The maximum atomic E-state index is 11.7. The molecule has 0 radical (unpaired) electrons. The van der Waals surface area contributed by atoms with E-state index < -0.39 is 0 Å². The zero-order valence-electron chi connectivity index (χ0n) is 9.27. The summed E-state index contributed by atoms with van der Waals surface area (Å²) >= 11 is 0. The van der Waals surface area contributed by atoms with Crippen molar-refractivity contribution in [3.63, 3.8) is 0 Å². The molecule has 0 aromatic carbocycles. The minimum atomic E-state index is -0.293. The highest BCUT2D eigenvalue weighted by molar-refractivity contribution is 5.92. The van der Waals surface area contributed by atoms with Gasteiger partial charge in [-0.15, -0.1) is 10.2 Å². The number of aromatic nitrogens is 4. The van der Waals surface area contributed by atoms with Gasteiger partial charge in [0.15, 0.2) is 5.69 Å². The van der Waals surface area contributed by atoms with E-state index in [2.05, 4.69) is 25.7 Å². The summed E-state index contributed by atoms with van der Waals surface area (Å²) in [5, 5.41) is 16.7. The number of rotatable bonds is 3. The smallest absolute Gasteiger partial charge is 0.272 e. The first-order chi connectivity index (χ1) is 8.16. The second kappa shape index (κ2) is 4.60. The van der Waals surface area contributed by atoms with Gasteiger partial charge in [-0.2, -0.15) is 5.10 Å². The van der Waals surface area contributed by atoms with Crippen LogP contribution in [0.15, 0.2) is 18.3 Å². The molecule has 0 fully saturated rings. The van der Waals surface area contributed by atoms with Crippen LogP contribution in [-0.2, 0) is 6.54 Å². The number of hydrogen-bond acceptors (Lipinski definition) is 5. The van der Waals surface area contributed by atoms with Gasteiger partial charge in [-0.1, -0.05) is 0 Å². The van der Waals surface area contributed by atoms with Crippen LogP contribution in [0.4, 0.5) is 5.82 Å². The number of nitrogens with one attached hydrogen (secondary N) is 2. The van der Waals surface area contributed by atoms with Crippen LogP contribution in [0.3, 0.4) is 0 Å². The Hall–Kier alpha value is -2.44. The molecule has 0 spiro atoms. The molecule has 2 aromatic heterocycles. The standard InChI is InChI=1S/C10H12N6O/c1-6-7(5-13-14-6)4-12-10(17)8-2-3-9(11)16-15-8/h2-3,5H,4H2,1H3,(H2,11,16)(H,12,17)(H,13,14). The van der Waals surface area contributed by atoms with Crippen molar-refractivity contribution in [2.24, 2.45) is 0 Å². The molecule has 0 atom stereocenters. The predicted octanol–water partition coefficient (Wildman–Crippen LogP) is 0.0203. The summed E-state index contributed by atoms with van der Waals surface area (Å²) in [6.07, 6.45) is 1.67. The van der Waals surface area contributed by atoms with Crippen molar-refractivity contribution in [1.82, 2.24) is 25.7 Å². The molecular formula is C10H12N6O. The van der Waals surface area contributed by atoms with Crippen LogP contribution in [0.25, 0.3) is 0 Å². The molecule has 0 aliphatic rings. The molecule has 1 amide bonds. The molecule has 0 aliphatic heterocycles. The van der Waals surface area contributed by atoms with Crippen molar-refractivity contribution >= 4 is 11.7 Å². The van der Waals surface area contributed by atoms with Crippen LogP contribution in [0.2, 0.25) is 0 Å². The summed E-state index contributed by atoms with van der Waals surface area (Å²) in [4.78, 5) is 11.7. The largest absolute Gasteiger partial charge is 0.382 e. The lowest BCUT2D eigenvalue weighted by molar-refractivity contribution is 0.0945. The molecule has 0 aliphatic carbocycles. The molecule has 2 aromatic rings. The fraction of sp³-hybridized carbons (Fsp3) is 0.200. The Morgan fingerprint density at radius 3 is 2.88 bits per heavy atom. The average Bonchev–Trinajstić information content (AvgIpc) is 2.73. The van der Waals surface area contributed by atoms with E-state index in [-0.39, 0.29) is 17.4 Å². The fourth-order valence-corrected chi connectivity index (χ4v) is 1.28. The second-order valence-corrected chi connectivity index (χ2v) is 3.55. The minimum absolute atomic E-state index is 0.236. The van der Waals surface area contributed by atoms with Gasteiger partial charge >= 0.3 is 0 Å². The van der Waals surface area contributed by atoms with Gasteiger partial charge in [-0.25, -0.2) is 0 Å². The quantitative estimate of drug-likeness (QED) is 0.691. The molecule has 0 saturated heterocycles. The highest BCUT2D eigenvalue weighted by Crippen LogP contribution is 2.02. The van der Waals surface area contributed by atoms with Crippen molar-refractivity contribution in [3.8, 4) is 0 Å². The number of nitrogens with zero attached hydrogens (tertiary/aromatic N) is 3. The van der Waals surface area contributed by atoms with Crippen molar-refractivity contribution < 1.29 is 4.79 Å². The van der Waals surface area contributed by atoms with Gasteiger partial charge in [0.25, 0.3) is 5.91 Å². The lowest BCUT2D eigenvalue weighted by atomic mass is 10.2. The molecule has 2 heterocycles. The molecule has 7 heteroatoms. The molecule has 0 unspecified atom stereocenters. The van der Waals surface area contributed by atoms with E-state index >= 15 is 0 Å². The van der Waals surface area contributed by atoms with Gasteiger partial charge in [-0.3, -0.25) is 9.89 Å². The zero-order valence-corrected chi connectivity index (χ0v) is 9.27. The molecule has 4 N–H and O–H groups in total. The minimum Gasteiger partial charge on any atom is -0.382 e. The van der Waals surface area contributed by atoms with Crippen LogP contribution in [0.1, 0.15) is 21.7 Å². The summed E-state index contributed by atoms with van der Waals surface area (Å²) in [6, 6.07) is 3.06. The van der Waals surface area contributed by atoms with E-state index in [0.717, 1.165) is 11.3 Å². The second-order valence-electron chi connectivity index (χ2n) is 3.55. The molecule has 88 valence electrons. The normalized spacial score (nSPS) is 10.2. The monoisotopic (exact) mass is 232 g/mol. The Balaban J connectivity index is 1.98. The van der Waals surface area contributed by atoms with E-state index in [1.807, 2.05) is 6.92 Å². The number of nitrogen functional groups attached to an aromatic ring is 1. The van der Waals surface area contributed by atoms with Crippen LogP contribution in [0.5, 0.6) is 0 Å². The molecule has 0 bridgehead atoms. The lowest BCUT2D eigenvalue weighted by Gasteiger charge is -2.03. The average molecular weight is 232 g/mol. The van der Waals surface area contributed by atoms with Crippen molar-refractivity contribution in [2.75, 3.05) is 5.73 Å². The lowest BCUT2D eigenvalue weighted by Crippen LogP contribution is -2.24. The van der Waals surface area contributed by atoms with E-state index in [1.165, 1.54) is 12.1 Å². The summed E-state index contributed by atoms with van der Waals surface area (Å²) in [6.45, 7) is 2.28. The Kier molecular flexibility index (Phi) is 2.99. The number of anilines is 1. The highest BCUT2D eigenvalue weighted by atomic mass is 16.1. The van der Waals surface area contributed by atoms with Gasteiger partial charge in [0.05, 0.1) is 6.20 Å². The molecule has 17 heavy (non-hydrogen) atoms. The number of amides is 1. The van der Waals surface area contributed by atoms with Gasteiger partial charge in [0.1, 0.15) is 5.82 Å². The third-order valence-electron chi connectivity index (χ3n) is 2.29. The van der Waals surface area contributed by atoms with E-state index in [4.69, 9.17) is 5.73 Å². The van der Waals surface area contributed by atoms with Crippen molar-refractivity contribution in [1.29, 1.82) is 0 Å². The fourth-order valence-electron chi connectivity index (χ4n) is 1.28. The van der Waals surface area contributed by atoms with Gasteiger partial charge in [0.2, 0.25) is 0 Å². The van der Waals surface area contributed by atoms with E-state index in [1.54, 1.807) is 6.20 Å². The highest BCUT2D eigenvalue weighted by Gasteiger charge is 2.08. The third-order valence-corrected chi connectivity index (χ3v) is 2.29. The van der Waals surface area contributed by atoms with Crippen molar-refractivity contribution in [2.45, 2.75) is 13.5 Å². The number of aromatic amines is 1. The van der Waals surface area contributed by atoms with Crippen molar-refractivity contribution in [3.05, 3.63) is 35.3 Å². The molecular weight excluding hydrogens is 220 g/mol. The number of H-pyrrole nitrogens is 1. The number of carbonyl (C=O) groups excluding carboxylic acids is 1. The first-order valence-electron chi connectivity index (χ1n) is 5.03. The Labute approximate surface area is 97.4 Å². The zero-order chi connectivity index (χ0) is 12.3. The Morgan fingerprint density at radius 1 is 1.47 bits per heavy atom. The number of carbonyl (C=O) groups is 1. The van der Waals surface area contributed by atoms with Crippen LogP contribution in [0, 0.1) is 6.92 Å². The van der Waals surface area contributed by atoms with E-state index in [9.17, 15) is 4.79 Å². The first kappa shape index (κ1) is 11.1. The summed E-state index contributed by atoms with van der Waals surface area (Å²) in [5.74, 6) is -0.00895. The molecule has 0 saturated carbocycles. The SMILES string of the molecule is Cc1[nH]ncc1CNC(=O)c1ccc(N)nn1. The number of aryl methyl sites for hydroxylation is 1. The van der Waals surface area contributed by atoms with Gasteiger partial charge in [0, 0.05) is 17.8 Å². The first-order valence-corrected chi connectivity index (χ1v) is 5.03. The Bertz CT molecular complexity index is 518. The van der Waals surface area contributed by atoms with Gasteiger partial charge in [-0.05, 0) is 19.1 Å². The van der Waals surface area contributed by atoms with Crippen LogP contribution < -0.4 is 11.1 Å². The topological polar surface area (TPSA) is 110 Å². The predicted molar refractivity (Wildman–Crippen MR) is 60.9 cm³/mol. The van der Waals surface area contributed by atoms with Crippen LogP contribution >= 0.6 is 0 Å². The van der Waals surface area contributed by atoms with E-state index in [0.29, 0.717) is 6.54 Å². The molecule has 2 rings (SSSR count). The Morgan fingerprint density at radius 2 is 2.29 bits per heavy atom. The third kappa shape index (κ3) is 2.57. The molecule has 7 nitrogen and oxygen atoms in total. The summed E-state index contributed by atoms with van der Waals surface area (Å²) < 4.78 is 0. The van der Waals surface area contributed by atoms with Gasteiger partial charge < -0.3 is 11.1 Å². The summed E-state index contributed by atoms with van der Waals surface area (Å²) in [5.41, 5.74) is 7.47.